The lowest BCUT2D eigenvalue weighted by Crippen LogP contribution is -2.33. The van der Waals surface area contributed by atoms with Gasteiger partial charge in [0.05, 0.1) is 12.9 Å². The van der Waals surface area contributed by atoms with Crippen molar-refractivity contribution in [2.75, 3.05) is 18.0 Å². The summed E-state index contributed by atoms with van der Waals surface area (Å²) in [5.74, 6) is 2.75. The molecule has 0 radical (unpaired) electrons. The van der Waals surface area contributed by atoms with E-state index in [4.69, 9.17) is 0 Å². The number of aryl methyl sites for hydroxylation is 1. The summed E-state index contributed by atoms with van der Waals surface area (Å²) >= 11 is 0. The Kier molecular flexibility index (Phi) is 4.14. The predicted octanol–water partition coefficient (Wildman–Crippen LogP) is 2.95. The SMILES string of the molecule is Cc1cc(N2CCC(c3nnc(Cn4ccnc4)n3C3CC3)CC2)ccn1. The van der Waals surface area contributed by atoms with Crippen LogP contribution >= 0.6 is 0 Å². The highest BCUT2D eigenvalue weighted by Gasteiger charge is 2.33. The first kappa shape index (κ1) is 16.5. The molecule has 0 spiro atoms. The molecule has 7 heteroatoms. The number of rotatable bonds is 5. The van der Waals surface area contributed by atoms with E-state index in [-0.39, 0.29) is 0 Å². The first-order chi connectivity index (χ1) is 13.3. The van der Waals surface area contributed by atoms with E-state index in [9.17, 15) is 0 Å². The van der Waals surface area contributed by atoms with Crippen molar-refractivity contribution < 1.29 is 0 Å². The van der Waals surface area contributed by atoms with Crippen LogP contribution in [0.5, 0.6) is 0 Å². The monoisotopic (exact) mass is 363 g/mol. The molecule has 0 atom stereocenters. The van der Waals surface area contributed by atoms with Gasteiger partial charge in [-0.05, 0) is 44.7 Å². The summed E-state index contributed by atoms with van der Waals surface area (Å²) in [6.07, 6.45) is 12.3. The van der Waals surface area contributed by atoms with Crippen LogP contribution in [0.3, 0.4) is 0 Å². The van der Waals surface area contributed by atoms with Gasteiger partial charge in [-0.3, -0.25) is 4.98 Å². The highest BCUT2D eigenvalue weighted by Crippen LogP contribution is 2.40. The predicted molar refractivity (Wildman–Crippen MR) is 103 cm³/mol. The van der Waals surface area contributed by atoms with Crippen molar-refractivity contribution in [2.24, 2.45) is 0 Å². The lowest BCUT2D eigenvalue weighted by Gasteiger charge is -2.33. The molecule has 2 aliphatic rings. The standard InChI is InChI=1S/C20H25N7/c1-15-12-18(4-7-22-15)26-9-5-16(6-10-26)20-24-23-19(27(20)17-2-3-17)13-25-11-8-21-14-25/h4,7-8,11-12,14,16-17H,2-3,5-6,9-10,13H2,1H3. The molecule has 0 bridgehead atoms. The van der Waals surface area contributed by atoms with Crippen LogP contribution in [0.15, 0.2) is 37.1 Å². The highest BCUT2D eigenvalue weighted by molar-refractivity contribution is 5.46. The molecule has 0 aromatic carbocycles. The molecule has 0 unspecified atom stereocenters. The third kappa shape index (κ3) is 3.34. The molecule has 140 valence electrons. The molecule has 27 heavy (non-hydrogen) atoms. The van der Waals surface area contributed by atoms with Crippen molar-refractivity contribution in [3.8, 4) is 0 Å². The number of pyridine rings is 1. The normalized spacial score (nSPS) is 18.2. The minimum atomic E-state index is 0.494. The van der Waals surface area contributed by atoms with E-state index >= 15 is 0 Å². The summed E-state index contributed by atoms with van der Waals surface area (Å²) < 4.78 is 4.50. The first-order valence-electron chi connectivity index (χ1n) is 9.85. The molecule has 3 aromatic heterocycles. The largest absolute Gasteiger partial charge is 0.371 e. The summed E-state index contributed by atoms with van der Waals surface area (Å²) in [6.45, 7) is 4.92. The van der Waals surface area contributed by atoms with Crippen molar-refractivity contribution in [2.45, 2.75) is 51.1 Å². The molecule has 1 saturated carbocycles. The molecule has 0 amide bonds. The van der Waals surface area contributed by atoms with E-state index < -0.39 is 0 Å². The van der Waals surface area contributed by atoms with E-state index in [1.807, 2.05) is 24.9 Å². The second kappa shape index (κ2) is 6.79. The maximum absolute atomic E-state index is 4.64. The summed E-state index contributed by atoms with van der Waals surface area (Å²) in [5, 5.41) is 9.20. The van der Waals surface area contributed by atoms with Gasteiger partial charge in [0, 0.05) is 55.0 Å². The Morgan fingerprint density at radius 1 is 1.07 bits per heavy atom. The van der Waals surface area contributed by atoms with Gasteiger partial charge in [0.15, 0.2) is 5.82 Å². The molecule has 1 aliphatic heterocycles. The molecular weight excluding hydrogens is 338 g/mol. The van der Waals surface area contributed by atoms with E-state index in [1.165, 1.54) is 24.4 Å². The molecule has 7 nitrogen and oxygen atoms in total. The number of hydrogen-bond acceptors (Lipinski definition) is 5. The third-order valence-electron chi connectivity index (χ3n) is 5.69. The Morgan fingerprint density at radius 3 is 2.63 bits per heavy atom. The molecule has 1 saturated heterocycles. The second-order valence-electron chi connectivity index (χ2n) is 7.73. The van der Waals surface area contributed by atoms with Crippen LogP contribution in [-0.2, 0) is 6.54 Å². The quantitative estimate of drug-likeness (QED) is 0.697. The van der Waals surface area contributed by atoms with Crippen LogP contribution in [0.2, 0.25) is 0 Å². The zero-order valence-corrected chi connectivity index (χ0v) is 15.7. The van der Waals surface area contributed by atoms with Crippen LogP contribution in [0, 0.1) is 6.92 Å². The summed E-state index contributed by atoms with van der Waals surface area (Å²) in [6, 6.07) is 4.88. The highest BCUT2D eigenvalue weighted by atomic mass is 15.3. The molecule has 2 fully saturated rings. The van der Waals surface area contributed by atoms with Crippen LogP contribution < -0.4 is 4.90 Å². The van der Waals surface area contributed by atoms with Gasteiger partial charge < -0.3 is 14.0 Å². The summed E-state index contributed by atoms with van der Waals surface area (Å²) in [5.41, 5.74) is 2.36. The van der Waals surface area contributed by atoms with Gasteiger partial charge in [-0.1, -0.05) is 0 Å². The van der Waals surface area contributed by atoms with Gasteiger partial charge in [-0.2, -0.15) is 0 Å². The fourth-order valence-electron chi connectivity index (χ4n) is 4.12. The molecular formula is C20H25N7. The Hall–Kier alpha value is -2.70. The maximum Gasteiger partial charge on any atom is 0.153 e. The second-order valence-corrected chi connectivity index (χ2v) is 7.73. The summed E-state index contributed by atoms with van der Waals surface area (Å²) in [4.78, 5) is 10.9. The Balaban J connectivity index is 1.33. The van der Waals surface area contributed by atoms with E-state index in [1.54, 1.807) is 0 Å². The van der Waals surface area contributed by atoms with Gasteiger partial charge in [-0.25, -0.2) is 4.98 Å². The van der Waals surface area contributed by atoms with Crippen molar-refractivity contribution in [1.82, 2.24) is 29.3 Å². The van der Waals surface area contributed by atoms with Gasteiger partial charge >= 0.3 is 0 Å². The first-order valence-corrected chi connectivity index (χ1v) is 9.85. The van der Waals surface area contributed by atoms with E-state index in [0.29, 0.717) is 12.0 Å². The molecule has 5 rings (SSSR count). The molecule has 0 N–H and O–H groups in total. The number of nitrogens with zero attached hydrogens (tertiary/aromatic N) is 7. The van der Waals surface area contributed by atoms with Crippen LogP contribution in [0.4, 0.5) is 5.69 Å². The van der Waals surface area contributed by atoms with E-state index in [2.05, 4.69) is 53.3 Å². The van der Waals surface area contributed by atoms with Crippen molar-refractivity contribution >= 4 is 5.69 Å². The van der Waals surface area contributed by atoms with Gasteiger partial charge in [0.25, 0.3) is 0 Å². The minimum absolute atomic E-state index is 0.494. The minimum Gasteiger partial charge on any atom is -0.371 e. The number of piperidine rings is 1. The number of hydrogen-bond donors (Lipinski definition) is 0. The lowest BCUT2D eigenvalue weighted by molar-refractivity contribution is 0.461. The zero-order chi connectivity index (χ0) is 18.2. The lowest BCUT2D eigenvalue weighted by atomic mass is 9.95. The van der Waals surface area contributed by atoms with Crippen LogP contribution in [-0.4, -0.2) is 42.4 Å². The average molecular weight is 363 g/mol. The Bertz CT molecular complexity index is 902. The Morgan fingerprint density at radius 2 is 1.93 bits per heavy atom. The number of aromatic nitrogens is 6. The van der Waals surface area contributed by atoms with Gasteiger partial charge in [-0.15, -0.1) is 10.2 Å². The molecule has 3 aromatic rings. The zero-order valence-electron chi connectivity index (χ0n) is 15.7. The van der Waals surface area contributed by atoms with Gasteiger partial charge in [0.2, 0.25) is 0 Å². The van der Waals surface area contributed by atoms with Gasteiger partial charge in [0.1, 0.15) is 5.82 Å². The Labute approximate surface area is 159 Å². The van der Waals surface area contributed by atoms with E-state index in [0.717, 1.165) is 44.0 Å². The van der Waals surface area contributed by atoms with Crippen molar-refractivity contribution in [1.29, 1.82) is 0 Å². The van der Waals surface area contributed by atoms with Crippen LogP contribution in [0.25, 0.3) is 0 Å². The summed E-state index contributed by atoms with van der Waals surface area (Å²) in [7, 11) is 0. The fourth-order valence-corrected chi connectivity index (χ4v) is 4.12. The fraction of sp³-hybridized carbons (Fsp3) is 0.500. The number of anilines is 1. The number of imidazole rings is 1. The average Bonchev–Trinajstić information content (AvgIpc) is 3.23. The third-order valence-corrected chi connectivity index (χ3v) is 5.69. The molecule has 1 aliphatic carbocycles. The smallest absolute Gasteiger partial charge is 0.153 e. The van der Waals surface area contributed by atoms with Crippen molar-refractivity contribution in [3.63, 3.8) is 0 Å². The van der Waals surface area contributed by atoms with Crippen molar-refractivity contribution in [3.05, 3.63) is 54.4 Å². The molecule has 4 heterocycles. The van der Waals surface area contributed by atoms with Crippen LogP contribution in [0.1, 0.15) is 55.0 Å². The topological polar surface area (TPSA) is 64.7 Å². The maximum atomic E-state index is 4.64.